The van der Waals surface area contributed by atoms with E-state index in [1.807, 2.05) is 0 Å². The molecule has 8 heteroatoms. The zero-order valence-electron chi connectivity index (χ0n) is 10.4. The van der Waals surface area contributed by atoms with Gasteiger partial charge in [0.1, 0.15) is 12.0 Å². The molecule has 0 aliphatic rings. The lowest BCUT2D eigenvalue weighted by molar-refractivity contribution is -0.138. The van der Waals surface area contributed by atoms with Crippen LogP contribution < -0.4 is 5.32 Å². The first-order valence-electron chi connectivity index (χ1n) is 5.68. The SMILES string of the molecule is O=C(O)c1coc(CNc2ccc(Br)c(C(F)(F)F)c2)c1. The van der Waals surface area contributed by atoms with E-state index in [1.165, 1.54) is 18.2 Å². The number of carboxylic acids is 1. The molecule has 1 aromatic carbocycles. The molecule has 0 atom stereocenters. The molecule has 4 nitrogen and oxygen atoms in total. The summed E-state index contributed by atoms with van der Waals surface area (Å²) in [5.74, 6) is -0.822. The van der Waals surface area contributed by atoms with Gasteiger partial charge in [-0.1, -0.05) is 15.9 Å². The number of aromatic carboxylic acids is 1. The second kappa shape index (κ2) is 5.80. The molecule has 0 aliphatic heterocycles. The van der Waals surface area contributed by atoms with Crippen LogP contribution in [0.15, 0.2) is 39.4 Å². The third-order valence-corrected chi connectivity index (χ3v) is 3.33. The van der Waals surface area contributed by atoms with Gasteiger partial charge < -0.3 is 14.8 Å². The minimum absolute atomic E-state index is 0.0152. The van der Waals surface area contributed by atoms with E-state index in [2.05, 4.69) is 21.2 Å². The van der Waals surface area contributed by atoms with E-state index in [4.69, 9.17) is 9.52 Å². The lowest BCUT2D eigenvalue weighted by Crippen LogP contribution is -2.07. The van der Waals surface area contributed by atoms with Gasteiger partial charge in [-0.15, -0.1) is 0 Å². The topological polar surface area (TPSA) is 62.5 Å². The van der Waals surface area contributed by atoms with Gasteiger partial charge >= 0.3 is 12.1 Å². The number of benzene rings is 1. The van der Waals surface area contributed by atoms with Crippen molar-refractivity contribution in [2.24, 2.45) is 0 Å². The van der Waals surface area contributed by atoms with Gasteiger partial charge in [0.2, 0.25) is 0 Å². The number of hydrogen-bond donors (Lipinski definition) is 2. The van der Waals surface area contributed by atoms with Crippen LogP contribution in [0.2, 0.25) is 0 Å². The summed E-state index contributed by atoms with van der Waals surface area (Å²) in [4.78, 5) is 10.7. The number of nitrogens with one attached hydrogen (secondary N) is 1. The Kier molecular flexibility index (Phi) is 4.26. The lowest BCUT2D eigenvalue weighted by Gasteiger charge is -2.12. The van der Waals surface area contributed by atoms with Crippen LogP contribution in [-0.4, -0.2) is 11.1 Å². The standard InChI is InChI=1S/C13H9BrF3NO3/c14-11-2-1-8(4-10(11)13(15,16)17)18-5-9-3-7(6-21-9)12(19)20/h1-4,6,18H,5H2,(H,19,20). The highest BCUT2D eigenvalue weighted by atomic mass is 79.9. The summed E-state index contributed by atoms with van der Waals surface area (Å²) in [5.41, 5.74) is -0.560. The van der Waals surface area contributed by atoms with Crippen LogP contribution in [0.5, 0.6) is 0 Å². The molecule has 0 radical (unpaired) electrons. The Morgan fingerprint density at radius 2 is 2.05 bits per heavy atom. The Morgan fingerprint density at radius 1 is 1.33 bits per heavy atom. The van der Waals surface area contributed by atoms with Crippen LogP contribution in [-0.2, 0) is 12.7 Å². The van der Waals surface area contributed by atoms with Crippen molar-refractivity contribution in [2.45, 2.75) is 12.7 Å². The van der Waals surface area contributed by atoms with E-state index < -0.39 is 17.7 Å². The smallest absolute Gasteiger partial charge is 0.417 e. The summed E-state index contributed by atoms with van der Waals surface area (Å²) in [7, 11) is 0. The zero-order chi connectivity index (χ0) is 15.6. The molecule has 2 rings (SSSR count). The molecule has 0 aliphatic carbocycles. The van der Waals surface area contributed by atoms with Gasteiger partial charge in [0, 0.05) is 10.2 Å². The molecule has 0 saturated heterocycles. The Balaban J connectivity index is 2.11. The van der Waals surface area contributed by atoms with Gasteiger partial charge in [-0.3, -0.25) is 0 Å². The van der Waals surface area contributed by atoms with Crippen molar-refractivity contribution in [3.8, 4) is 0 Å². The van der Waals surface area contributed by atoms with Crippen molar-refractivity contribution in [2.75, 3.05) is 5.32 Å². The number of furan rings is 1. The van der Waals surface area contributed by atoms with E-state index in [1.54, 1.807) is 0 Å². The summed E-state index contributed by atoms with van der Waals surface area (Å²) in [6.07, 6.45) is -3.39. The Hall–Kier alpha value is -1.96. The molecule has 0 bridgehead atoms. The van der Waals surface area contributed by atoms with Crippen molar-refractivity contribution in [1.29, 1.82) is 0 Å². The number of alkyl halides is 3. The van der Waals surface area contributed by atoms with Crippen LogP contribution >= 0.6 is 15.9 Å². The van der Waals surface area contributed by atoms with Crippen LogP contribution in [0, 0.1) is 0 Å². The van der Waals surface area contributed by atoms with Crippen molar-refractivity contribution in [1.82, 2.24) is 0 Å². The summed E-state index contributed by atoms with van der Waals surface area (Å²) in [6.45, 7) is 0.0756. The fourth-order valence-corrected chi connectivity index (χ4v) is 2.10. The first-order chi connectivity index (χ1) is 9.77. The number of carboxylic acid groups (broad SMARTS) is 1. The quantitative estimate of drug-likeness (QED) is 0.846. The van der Waals surface area contributed by atoms with E-state index in [0.717, 1.165) is 12.3 Å². The predicted molar refractivity (Wildman–Crippen MR) is 72.1 cm³/mol. The first kappa shape index (κ1) is 15.4. The normalized spacial score (nSPS) is 11.4. The maximum absolute atomic E-state index is 12.7. The first-order valence-corrected chi connectivity index (χ1v) is 6.48. The van der Waals surface area contributed by atoms with Crippen LogP contribution in [0.1, 0.15) is 21.7 Å². The highest BCUT2D eigenvalue weighted by Gasteiger charge is 2.33. The molecule has 0 unspecified atom stereocenters. The molecular weight excluding hydrogens is 355 g/mol. The average molecular weight is 364 g/mol. The molecular formula is C13H9BrF3NO3. The van der Waals surface area contributed by atoms with Crippen LogP contribution in [0.3, 0.4) is 0 Å². The van der Waals surface area contributed by atoms with Crippen molar-refractivity contribution < 1.29 is 27.5 Å². The van der Waals surface area contributed by atoms with Crippen molar-refractivity contribution in [3.63, 3.8) is 0 Å². The lowest BCUT2D eigenvalue weighted by atomic mass is 10.2. The number of carbonyl (C=O) groups is 1. The predicted octanol–water partition coefficient (Wildman–Crippen LogP) is 4.37. The maximum Gasteiger partial charge on any atom is 0.417 e. The highest BCUT2D eigenvalue weighted by molar-refractivity contribution is 9.10. The second-order valence-electron chi connectivity index (χ2n) is 4.15. The van der Waals surface area contributed by atoms with Gasteiger partial charge in [0.15, 0.2) is 0 Å². The summed E-state index contributed by atoms with van der Waals surface area (Å²) in [6, 6.07) is 5.03. The van der Waals surface area contributed by atoms with Crippen LogP contribution in [0.4, 0.5) is 18.9 Å². The van der Waals surface area contributed by atoms with Crippen LogP contribution in [0.25, 0.3) is 0 Å². The monoisotopic (exact) mass is 363 g/mol. The average Bonchev–Trinajstić information content (AvgIpc) is 2.85. The molecule has 0 fully saturated rings. The molecule has 0 saturated carbocycles. The molecule has 2 aromatic rings. The Labute approximate surface area is 125 Å². The minimum atomic E-state index is -4.46. The third-order valence-electron chi connectivity index (χ3n) is 2.64. The molecule has 0 amide bonds. The Bertz CT molecular complexity index is 667. The molecule has 0 spiro atoms. The number of anilines is 1. The van der Waals surface area contributed by atoms with E-state index in [-0.39, 0.29) is 22.3 Å². The zero-order valence-corrected chi connectivity index (χ0v) is 12.0. The second-order valence-corrected chi connectivity index (χ2v) is 5.01. The fraction of sp³-hybridized carbons (Fsp3) is 0.154. The largest absolute Gasteiger partial charge is 0.478 e. The molecule has 112 valence electrons. The number of rotatable bonds is 4. The van der Waals surface area contributed by atoms with Gasteiger partial charge in [-0.05, 0) is 24.3 Å². The summed E-state index contributed by atoms with van der Waals surface area (Å²) in [5, 5.41) is 11.5. The van der Waals surface area contributed by atoms with E-state index in [9.17, 15) is 18.0 Å². The fourth-order valence-electron chi connectivity index (χ4n) is 1.63. The Morgan fingerprint density at radius 3 is 2.62 bits per heavy atom. The van der Waals surface area contributed by atoms with Crippen molar-refractivity contribution in [3.05, 3.63) is 51.9 Å². The van der Waals surface area contributed by atoms with Crippen molar-refractivity contribution >= 4 is 27.6 Å². The van der Waals surface area contributed by atoms with E-state index in [0.29, 0.717) is 5.76 Å². The molecule has 1 heterocycles. The number of hydrogen-bond acceptors (Lipinski definition) is 3. The van der Waals surface area contributed by atoms with Gasteiger partial charge in [-0.25, -0.2) is 4.79 Å². The van der Waals surface area contributed by atoms with E-state index >= 15 is 0 Å². The highest BCUT2D eigenvalue weighted by Crippen LogP contribution is 2.36. The molecule has 21 heavy (non-hydrogen) atoms. The van der Waals surface area contributed by atoms with Gasteiger partial charge in [-0.2, -0.15) is 13.2 Å². The summed E-state index contributed by atoms with van der Waals surface area (Å²) >= 11 is 2.85. The number of halogens is 4. The summed E-state index contributed by atoms with van der Waals surface area (Å²) < 4.78 is 43.2. The van der Waals surface area contributed by atoms with Gasteiger partial charge in [0.05, 0.1) is 17.7 Å². The third kappa shape index (κ3) is 3.78. The minimum Gasteiger partial charge on any atom is -0.478 e. The maximum atomic E-state index is 12.7. The molecule has 1 aromatic heterocycles. The molecule has 2 N–H and O–H groups in total. The van der Waals surface area contributed by atoms with Gasteiger partial charge in [0.25, 0.3) is 0 Å².